The number of pyridine rings is 1. The van der Waals surface area contributed by atoms with Gasteiger partial charge in [-0.25, -0.2) is 17.7 Å². The van der Waals surface area contributed by atoms with Crippen molar-refractivity contribution in [1.29, 1.82) is 0 Å². The number of amides is 3. The Labute approximate surface area is 331 Å². The maximum Gasteiger partial charge on any atom is 0.466 e. The van der Waals surface area contributed by atoms with Gasteiger partial charge in [0.05, 0.1) is 18.4 Å². The van der Waals surface area contributed by atoms with Crippen molar-refractivity contribution in [3.05, 3.63) is 106 Å². The Kier molecular flexibility index (Phi) is 16.0. The third-order valence-corrected chi connectivity index (χ3v) is 9.38. The normalized spacial score (nSPS) is 15.7. The summed E-state index contributed by atoms with van der Waals surface area (Å²) in [4.78, 5) is 62.4. The lowest BCUT2D eigenvalue weighted by Crippen LogP contribution is -2.42. The third-order valence-electron chi connectivity index (χ3n) is 8.40. The van der Waals surface area contributed by atoms with Crippen LogP contribution < -0.4 is 15.8 Å². The molecule has 4 aromatic rings. The number of imide groups is 1. The van der Waals surface area contributed by atoms with Gasteiger partial charge in [-0.05, 0) is 60.2 Å². The standard InChI is InChI=1S/C19H20N2O3S.C16H15F6N5O.H3O4P/c1-2-13-3-6-15(20-12-13)9-10-24-16-7-4-14(5-8-16)11-17-18(22)21-19(23)25-17;17-10-6-12(19)11(18)4-8(10)3-9(23)5-14(28)26-1-2-27-13(7-26)24-25-15(27)16(20,21)22;1-5(2,3)4/h3-8,12,17H,2,9-11H2,1H3,(H,21,22,23);4,6,9H,1-3,5,7,23H2;(H3,1,2,3,4)/t;9-;/m.1./s1. The summed E-state index contributed by atoms with van der Waals surface area (Å²) in [6.45, 7) is 2.37. The zero-order valence-corrected chi connectivity index (χ0v) is 32.2. The van der Waals surface area contributed by atoms with Crippen LogP contribution in [0.1, 0.15) is 47.4 Å². The van der Waals surface area contributed by atoms with Gasteiger partial charge < -0.3 is 34.6 Å². The average molecular weight is 862 g/mol. The third kappa shape index (κ3) is 14.2. The monoisotopic (exact) mass is 861 g/mol. The molecule has 58 heavy (non-hydrogen) atoms. The molecule has 6 N–H and O–H groups in total. The van der Waals surface area contributed by atoms with E-state index in [0.717, 1.165) is 46.2 Å². The molecular formula is C35H38F6N7O8PS. The highest BCUT2D eigenvalue weighted by Gasteiger charge is 2.40. The van der Waals surface area contributed by atoms with Gasteiger partial charge in [0.1, 0.15) is 11.6 Å². The van der Waals surface area contributed by atoms with E-state index in [-0.39, 0.29) is 60.3 Å². The van der Waals surface area contributed by atoms with Crippen molar-refractivity contribution in [2.75, 3.05) is 13.2 Å². The number of aromatic nitrogens is 4. The number of nitrogens with two attached hydrogens (primary N) is 1. The molecule has 1 fully saturated rings. The first kappa shape index (κ1) is 45.8. The van der Waals surface area contributed by atoms with Gasteiger partial charge in [-0.2, -0.15) is 13.2 Å². The van der Waals surface area contributed by atoms with Crippen LogP contribution in [0.4, 0.5) is 31.1 Å². The van der Waals surface area contributed by atoms with Crippen LogP contribution in [0.15, 0.2) is 54.7 Å². The molecule has 1 unspecified atom stereocenters. The molecule has 6 rings (SSSR count). The number of aryl methyl sites for hydroxylation is 1. The minimum atomic E-state index is -4.64. The van der Waals surface area contributed by atoms with Crippen LogP contribution in [-0.2, 0) is 59.1 Å². The predicted octanol–water partition coefficient (Wildman–Crippen LogP) is 4.25. The summed E-state index contributed by atoms with van der Waals surface area (Å²) < 4.78 is 93.9. The van der Waals surface area contributed by atoms with Crippen LogP contribution in [0.5, 0.6) is 5.75 Å². The molecule has 2 atom stereocenters. The van der Waals surface area contributed by atoms with E-state index in [2.05, 4.69) is 33.5 Å². The van der Waals surface area contributed by atoms with E-state index >= 15 is 0 Å². The molecule has 23 heteroatoms. The van der Waals surface area contributed by atoms with E-state index in [1.807, 2.05) is 36.5 Å². The molecule has 0 saturated carbocycles. The zero-order chi connectivity index (χ0) is 42.8. The van der Waals surface area contributed by atoms with E-state index in [4.69, 9.17) is 29.7 Å². The summed E-state index contributed by atoms with van der Waals surface area (Å²) in [5.74, 6) is -4.57. The molecule has 15 nitrogen and oxygen atoms in total. The maximum absolute atomic E-state index is 13.7. The van der Waals surface area contributed by atoms with E-state index in [1.165, 1.54) is 10.5 Å². The number of hydrogen-bond donors (Lipinski definition) is 5. The van der Waals surface area contributed by atoms with E-state index in [9.17, 15) is 40.7 Å². The highest BCUT2D eigenvalue weighted by atomic mass is 32.2. The fourth-order valence-corrected chi connectivity index (χ4v) is 6.42. The fraction of sp³-hybridized carbons (Fsp3) is 0.371. The topological polar surface area (TPSA) is 223 Å². The number of hydrogen-bond acceptors (Lipinski definition) is 10. The number of benzene rings is 2. The molecule has 3 amide bonds. The number of carbonyl (C=O) groups excluding carboxylic acids is 3. The zero-order valence-electron chi connectivity index (χ0n) is 30.5. The Hall–Kier alpha value is -4.86. The van der Waals surface area contributed by atoms with E-state index < -0.39 is 49.2 Å². The SMILES string of the molecule is CCc1ccc(CCOc2ccc(CC3SC(=O)NC3=O)cc2)nc1.N[C@@H](CC(=O)N1CCn2c(nnc2C(F)(F)F)C1)Cc1cc(F)c(F)cc1F.O=P(O)(O)O. The molecule has 0 bridgehead atoms. The molecule has 4 heterocycles. The van der Waals surface area contributed by atoms with Crippen molar-refractivity contribution in [3.8, 4) is 5.75 Å². The molecular weight excluding hydrogens is 823 g/mol. The summed E-state index contributed by atoms with van der Waals surface area (Å²) >= 11 is 1.05. The quantitative estimate of drug-likeness (QED) is 0.0810. The van der Waals surface area contributed by atoms with Gasteiger partial charge in [-0.3, -0.25) is 24.7 Å². The Morgan fingerprint density at radius 2 is 1.67 bits per heavy atom. The first-order valence-corrected chi connectivity index (χ1v) is 19.8. The van der Waals surface area contributed by atoms with Crippen molar-refractivity contribution in [2.24, 2.45) is 5.73 Å². The molecule has 2 aromatic heterocycles. The fourth-order valence-electron chi connectivity index (χ4n) is 5.56. The first-order valence-electron chi connectivity index (χ1n) is 17.3. The van der Waals surface area contributed by atoms with Crippen LogP contribution in [0, 0.1) is 17.5 Å². The van der Waals surface area contributed by atoms with Gasteiger partial charge >= 0.3 is 14.0 Å². The Balaban J connectivity index is 0.000000231. The number of nitrogens with one attached hydrogen (secondary N) is 1. The summed E-state index contributed by atoms with van der Waals surface area (Å²) in [7, 11) is -4.64. The highest BCUT2D eigenvalue weighted by molar-refractivity contribution is 8.15. The van der Waals surface area contributed by atoms with E-state index in [0.29, 0.717) is 25.2 Å². The van der Waals surface area contributed by atoms with Crippen LogP contribution in [0.2, 0.25) is 0 Å². The van der Waals surface area contributed by atoms with Crippen molar-refractivity contribution in [1.82, 2.24) is 30.0 Å². The minimum absolute atomic E-state index is 0.000783. The molecule has 2 aliphatic heterocycles. The molecule has 2 aliphatic rings. The number of fused-ring (bicyclic) bond motifs is 1. The number of alkyl halides is 3. The Bertz CT molecular complexity index is 2100. The van der Waals surface area contributed by atoms with Gasteiger partial charge in [0.2, 0.25) is 17.6 Å². The summed E-state index contributed by atoms with van der Waals surface area (Å²) in [5.41, 5.74) is 8.90. The number of thioether (sulfide) groups is 1. The highest BCUT2D eigenvalue weighted by Crippen LogP contribution is 2.30. The van der Waals surface area contributed by atoms with Crippen LogP contribution >= 0.6 is 19.6 Å². The average Bonchev–Trinajstić information content (AvgIpc) is 3.72. The summed E-state index contributed by atoms with van der Waals surface area (Å²) in [6, 6.07) is 12.0. The van der Waals surface area contributed by atoms with Crippen molar-refractivity contribution in [3.63, 3.8) is 0 Å². The smallest absolute Gasteiger partial charge is 0.466 e. The number of ether oxygens (including phenoxy) is 1. The van der Waals surface area contributed by atoms with Crippen molar-refractivity contribution in [2.45, 2.75) is 69.6 Å². The Morgan fingerprint density at radius 3 is 2.26 bits per heavy atom. The number of phosphoric acid groups is 1. The number of rotatable bonds is 11. The molecule has 2 aromatic carbocycles. The maximum atomic E-state index is 13.7. The second kappa shape index (κ2) is 20.2. The second-order valence-electron chi connectivity index (χ2n) is 12.8. The Morgan fingerprint density at radius 1 is 1.02 bits per heavy atom. The second-order valence-corrected chi connectivity index (χ2v) is 15.0. The summed E-state index contributed by atoms with van der Waals surface area (Å²) in [6.07, 6.45) is -0.912. The minimum Gasteiger partial charge on any atom is -0.493 e. The largest absolute Gasteiger partial charge is 0.493 e. The van der Waals surface area contributed by atoms with Crippen molar-refractivity contribution >= 4 is 36.6 Å². The molecule has 314 valence electrons. The number of carbonyl (C=O) groups is 3. The number of nitrogens with zero attached hydrogens (tertiary/aromatic N) is 5. The lowest BCUT2D eigenvalue weighted by Gasteiger charge is -2.29. The summed E-state index contributed by atoms with van der Waals surface area (Å²) in [5, 5.41) is 8.29. The van der Waals surface area contributed by atoms with Gasteiger partial charge in [0.25, 0.3) is 5.24 Å². The van der Waals surface area contributed by atoms with Gasteiger partial charge in [0, 0.05) is 49.9 Å². The lowest BCUT2D eigenvalue weighted by atomic mass is 10.0. The van der Waals surface area contributed by atoms with E-state index in [1.54, 1.807) is 0 Å². The molecule has 1 saturated heterocycles. The molecule has 0 radical (unpaired) electrons. The van der Waals surface area contributed by atoms with Crippen LogP contribution in [0.3, 0.4) is 0 Å². The van der Waals surface area contributed by atoms with Gasteiger partial charge in [-0.15, -0.1) is 10.2 Å². The number of halogens is 6. The van der Waals surface area contributed by atoms with Gasteiger partial charge in [-0.1, -0.05) is 36.9 Å². The van der Waals surface area contributed by atoms with Crippen LogP contribution in [0.25, 0.3) is 0 Å². The lowest BCUT2D eigenvalue weighted by molar-refractivity contribution is -0.148. The molecule has 0 aliphatic carbocycles. The first-order chi connectivity index (χ1) is 27.2. The van der Waals surface area contributed by atoms with Crippen LogP contribution in [-0.4, -0.2) is 80.8 Å². The van der Waals surface area contributed by atoms with Crippen molar-refractivity contribution < 1.29 is 64.7 Å². The predicted molar refractivity (Wildman–Crippen MR) is 195 cm³/mol. The van der Waals surface area contributed by atoms with Gasteiger partial charge in [0.15, 0.2) is 17.5 Å². The molecule has 0 spiro atoms.